The number of amidine groups is 1. The van der Waals surface area contributed by atoms with Crippen LogP contribution in [0.4, 0.5) is 13.6 Å². The van der Waals surface area contributed by atoms with Crippen LogP contribution >= 0.6 is 11.8 Å². The lowest BCUT2D eigenvalue weighted by Crippen LogP contribution is -2.47. The van der Waals surface area contributed by atoms with Gasteiger partial charge in [0.2, 0.25) is 0 Å². The number of rotatable bonds is 1. The second-order valence-electron chi connectivity index (χ2n) is 8.33. The summed E-state index contributed by atoms with van der Waals surface area (Å²) in [5.41, 5.74) is -0.0619. The molecule has 0 radical (unpaired) electrons. The van der Waals surface area contributed by atoms with Gasteiger partial charge in [0.1, 0.15) is 17.6 Å². The number of fused-ring (bicyclic) bond motifs is 1. The molecule has 27 heavy (non-hydrogen) atoms. The van der Waals surface area contributed by atoms with E-state index in [1.807, 2.05) is 6.92 Å². The maximum atomic E-state index is 14.7. The maximum Gasteiger partial charge on any atom is 0.413 e. The van der Waals surface area contributed by atoms with Crippen molar-refractivity contribution in [3.63, 3.8) is 0 Å². The first-order valence-electron chi connectivity index (χ1n) is 9.22. The third-order valence-electron chi connectivity index (χ3n) is 4.97. The molecule has 1 aromatic rings. The molecule has 1 amide bonds. The van der Waals surface area contributed by atoms with Gasteiger partial charge in [-0.3, -0.25) is 10.3 Å². The van der Waals surface area contributed by atoms with Crippen LogP contribution in [0.5, 0.6) is 0 Å². The zero-order valence-electron chi connectivity index (χ0n) is 16.1. The second-order valence-corrected chi connectivity index (χ2v) is 9.34. The standard InChI is InChI=1S/C20H26F2N2O2S/c1-12-5-6-16(22)15(9-12)20-8-7-14(21)10-13(20)11-27-17(24-20)23-18(25)26-19(2,3)4/h5-6,9,13-14H,7-8,10-11H2,1-4H3,(H,23,24,25)/t13-,14+,20-/m0/s1. The summed E-state index contributed by atoms with van der Waals surface area (Å²) in [6.45, 7) is 7.25. The van der Waals surface area contributed by atoms with Crippen LogP contribution in [0.15, 0.2) is 23.2 Å². The molecular weight excluding hydrogens is 370 g/mol. The highest BCUT2D eigenvalue weighted by Gasteiger charge is 2.49. The van der Waals surface area contributed by atoms with Crippen molar-refractivity contribution in [2.75, 3.05) is 5.75 Å². The van der Waals surface area contributed by atoms with Crippen molar-refractivity contribution in [1.29, 1.82) is 0 Å². The molecule has 1 aliphatic carbocycles. The predicted molar refractivity (Wildman–Crippen MR) is 104 cm³/mol. The fourth-order valence-corrected chi connectivity index (χ4v) is 4.94. The number of benzene rings is 1. The fourth-order valence-electron chi connectivity index (χ4n) is 3.79. The van der Waals surface area contributed by atoms with Gasteiger partial charge in [0.25, 0.3) is 0 Å². The van der Waals surface area contributed by atoms with Gasteiger partial charge in [-0.2, -0.15) is 0 Å². The molecular formula is C20H26F2N2O2S. The molecule has 1 heterocycles. The molecule has 1 saturated carbocycles. The fraction of sp³-hybridized carbons (Fsp3) is 0.600. The second kappa shape index (κ2) is 7.41. The van der Waals surface area contributed by atoms with Crippen molar-refractivity contribution < 1.29 is 18.3 Å². The van der Waals surface area contributed by atoms with Gasteiger partial charge < -0.3 is 4.74 Å². The van der Waals surface area contributed by atoms with E-state index >= 15 is 0 Å². The molecule has 1 fully saturated rings. The van der Waals surface area contributed by atoms with Crippen molar-refractivity contribution in [2.24, 2.45) is 10.9 Å². The van der Waals surface area contributed by atoms with Crippen LogP contribution in [-0.2, 0) is 10.3 Å². The molecule has 0 unspecified atom stereocenters. The highest BCUT2D eigenvalue weighted by Crippen LogP contribution is 2.50. The Morgan fingerprint density at radius 2 is 2.15 bits per heavy atom. The van der Waals surface area contributed by atoms with Crippen molar-refractivity contribution in [3.8, 4) is 0 Å². The van der Waals surface area contributed by atoms with E-state index in [-0.39, 0.29) is 11.7 Å². The predicted octanol–water partition coefficient (Wildman–Crippen LogP) is 5.10. The van der Waals surface area contributed by atoms with Crippen molar-refractivity contribution in [2.45, 2.75) is 64.3 Å². The van der Waals surface area contributed by atoms with E-state index in [1.54, 1.807) is 32.9 Å². The normalized spacial score (nSPS) is 28.1. The first-order chi connectivity index (χ1) is 12.6. The van der Waals surface area contributed by atoms with Crippen LogP contribution in [0, 0.1) is 18.7 Å². The largest absolute Gasteiger partial charge is 0.444 e. The van der Waals surface area contributed by atoms with Crippen molar-refractivity contribution in [3.05, 3.63) is 35.1 Å². The molecule has 2 aliphatic rings. The van der Waals surface area contributed by atoms with Crippen LogP contribution in [-0.4, -0.2) is 28.8 Å². The molecule has 0 aromatic heterocycles. The number of aliphatic imine (C=N–C) groups is 1. The first kappa shape index (κ1) is 20.1. The number of nitrogens with one attached hydrogen (secondary N) is 1. The number of nitrogens with zero attached hydrogens (tertiary/aromatic N) is 1. The number of hydrogen-bond acceptors (Lipinski definition) is 4. The van der Waals surface area contributed by atoms with Gasteiger partial charge in [0.05, 0.1) is 5.54 Å². The third-order valence-corrected chi connectivity index (χ3v) is 6.01. The third kappa shape index (κ3) is 4.45. The van der Waals surface area contributed by atoms with E-state index in [2.05, 4.69) is 5.32 Å². The molecule has 7 heteroatoms. The minimum absolute atomic E-state index is 0.119. The van der Waals surface area contributed by atoms with Crippen LogP contribution in [0.2, 0.25) is 0 Å². The van der Waals surface area contributed by atoms with E-state index < -0.39 is 23.4 Å². The quantitative estimate of drug-likeness (QED) is 0.719. The zero-order valence-corrected chi connectivity index (χ0v) is 17.0. The molecule has 0 spiro atoms. The maximum absolute atomic E-state index is 14.7. The van der Waals surface area contributed by atoms with E-state index in [4.69, 9.17) is 9.73 Å². The Hall–Kier alpha value is -1.63. The number of alkyl carbamates (subject to hydrolysis) is 1. The van der Waals surface area contributed by atoms with Crippen LogP contribution in [0.1, 0.15) is 51.2 Å². The summed E-state index contributed by atoms with van der Waals surface area (Å²) >= 11 is 1.36. The summed E-state index contributed by atoms with van der Waals surface area (Å²) in [4.78, 5) is 16.9. The average Bonchev–Trinajstić information content (AvgIpc) is 2.55. The SMILES string of the molecule is Cc1ccc(F)c([C@]23CC[C@@H](F)C[C@H]2CSC(NC(=O)OC(C)(C)C)=N3)c1. The van der Waals surface area contributed by atoms with Crippen LogP contribution < -0.4 is 5.32 Å². The lowest BCUT2D eigenvalue weighted by Gasteiger charge is -2.45. The smallest absolute Gasteiger partial charge is 0.413 e. The van der Waals surface area contributed by atoms with Crippen molar-refractivity contribution >= 4 is 23.0 Å². The van der Waals surface area contributed by atoms with Crippen LogP contribution in [0.25, 0.3) is 0 Å². The van der Waals surface area contributed by atoms with E-state index in [0.717, 1.165) is 5.56 Å². The zero-order chi connectivity index (χ0) is 19.8. The summed E-state index contributed by atoms with van der Waals surface area (Å²) in [6, 6.07) is 4.95. The molecule has 0 bridgehead atoms. The van der Waals surface area contributed by atoms with Gasteiger partial charge in [-0.15, -0.1) is 0 Å². The number of alkyl halides is 1. The average molecular weight is 397 g/mol. The van der Waals surface area contributed by atoms with Gasteiger partial charge in [-0.1, -0.05) is 29.5 Å². The minimum Gasteiger partial charge on any atom is -0.444 e. The number of carbonyl (C=O) groups excluding carboxylic acids is 1. The Morgan fingerprint density at radius 1 is 1.41 bits per heavy atom. The van der Waals surface area contributed by atoms with Crippen molar-refractivity contribution in [1.82, 2.24) is 5.32 Å². The molecule has 0 saturated heterocycles. The molecule has 4 nitrogen and oxygen atoms in total. The van der Waals surface area contributed by atoms with Gasteiger partial charge in [0, 0.05) is 17.2 Å². The lowest BCUT2D eigenvalue weighted by molar-refractivity contribution is 0.0562. The van der Waals surface area contributed by atoms with Gasteiger partial charge in [-0.25, -0.2) is 13.6 Å². The Kier molecular flexibility index (Phi) is 5.52. The Balaban J connectivity index is 1.97. The summed E-state index contributed by atoms with van der Waals surface area (Å²) in [6.07, 6.45) is -0.390. The topological polar surface area (TPSA) is 50.7 Å². The first-order valence-corrected chi connectivity index (χ1v) is 10.2. The Morgan fingerprint density at radius 3 is 2.85 bits per heavy atom. The highest BCUT2D eigenvalue weighted by atomic mass is 32.2. The summed E-state index contributed by atoms with van der Waals surface area (Å²) < 4.78 is 34.1. The van der Waals surface area contributed by atoms with Gasteiger partial charge in [0.15, 0.2) is 5.17 Å². The molecule has 1 aromatic carbocycles. The Bertz CT molecular complexity index is 763. The molecule has 1 aliphatic heterocycles. The van der Waals surface area contributed by atoms with Gasteiger partial charge >= 0.3 is 6.09 Å². The van der Waals surface area contributed by atoms with E-state index in [1.165, 1.54) is 17.8 Å². The number of ether oxygens (including phenoxy) is 1. The van der Waals surface area contributed by atoms with Gasteiger partial charge in [-0.05, 0) is 53.0 Å². The van der Waals surface area contributed by atoms with E-state index in [0.29, 0.717) is 35.7 Å². The molecule has 3 atom stereocenters. The summed E-state index contributed by atoms with van der Waals surface area (Å²) in [5.74, 6) is 0.115. The number of thioether (sulfide) groups is 1. The number of amides is 1. The van der Waals surface area contributed by atoms with E-state index in [9.17, 15) is 13.6 Å². The summed E-state index contributed by atoms with van der Waals surface area (Å²) in [5, 5.41) is 3.09. The highest BCUT2D eigenvalue weighted by molar-refractivity contribution is 8.13. The Labute approximate surface area is 163 Å². The lowest BCUT2D eigenvalue weighted by atomic mass is 9.69. The number of halogens is 2. The number of carbonyl (C=O) groups is 1. The number of aryl methyl sites for hydroxylation is 1. The molecule has 1 N–H and O–H groups in total. The van der Waals surface area contributed by atoms with Crippen LogP contribution in [0.3, 0.4) is 0 Å². The minimum atomic E-state index is -0.896. The molecule has 3 rings (SSSR count). The molecule has 148 valence electrons. The monoisotopic (exact) mass is 396 g/mol. The number of hydrogen-bond donors (Lipinski definition) is 1. The summed E-state index contributed by atoms with van der Waals surface area (Å²) in [7, 11) is 0.